The molecule has 0 aliphatic carbocycles. The predicted molar refractivity (Wildman–Crippen MR) is 114 cm³/mol. The number of nitrogens with zero attached hydrogens (tertiary/aromatic N) is 1. The molecule has 0 aliphatic rings. The third-order valence-electron chi connectivity index (χ3n) is 4.97. The van der Waals surface area contributed by atoms with E-state index in [0.717, 1.165) is 11.1 Å². The lowest BCUT2D eigenvalue weighted by molar-refractivity contribution is -0.677. The van der Waals surface area contributed by atoms with Gasteiger partial charge in [0.1, 0.15) is 11.8 Å². The van der Waals surface area contributed by atoms with E-state index in [1.54, 1.807) is 25.4 Å². The number of nitrogens with two attached hydrogens (primary N) is 1. The largest absolute Gasteiger partial charge is 0.467 e. The van der Waals surface area contributed by atoms with Gasteiger partial charge in [0.05, 0.1) is 19.4 Å². The van der Waals surface area contributed by atoms with E-state index in [-0.39, 0.29) is 30.9 Å². The van der Waals surface area contributed by atoms with Crippen molar-refractivity contribution in [2.24, 2.45) is 0 Å². The van der Waals surface area contributed by atoms with E-state index in [4.69, 9.17) is 4.42 Å². The summed E-state index contributed by atoms with van der Waals surface area (Å²) in [5.41, 5.74) is 3.47. The van der Waals surface area contributed by atoms with Crippen molar-refractivity contribution in [3.05, 3.63) is 95.4 Å². The van der Waals surface area contributed by atoms with Crippen LogP contribution in [0.4, 0.5) is 0 Å². The first-order chi connectivity index (χ1) is 14.5. The summed E-state index contributed by atoms with van der Waals surface area (Å²) in [6.45, 7) is 2.62. The zero-order chi connectivity index (χ0) is 21.3. The van der Waals surface area contributed by atoms with Gasteiger partial charge in [-0.2, -0.15) is 0 Å². The molecule has 0 saturated carbocycles. The van der Waals surface area contributed by atoms with Gasteiger partial charge in [-0.05, 0) is 19.1 Å². The zero-order valence-corrected chi connectivity index (χ0v) is 17.4. The van der Waals surface area contributed by atoms with Gasteiger partial charge in [0, 0.05) is 18.2 Å². The van der Waals surface area contributed by atoms with Crippen LogP contribution in [0.15, 0.2) is 77.4 Å². The minimum Gasteiger partial charge on any atom is -0.467 e. The fourth-order valence-corrected chi connectivity index (χ4v) is 3.23. The summed E-state index contributed by atoms with van der Waals surface area (Å²) in [7, 11) is 1.64. The third kappa shape index (κ3) is 6.06. The standard InChI is InChI=1S/C24H27N3O3/c1-18-10-12-20(13-11-18)24(19-7-4-3-5-8-19)26-16-23(29)27(2)17-22(28)25-15-21-9-6-14-30-21/h3-14,24,26H,15-17H2,1-2H3,(H,25,28)/p+1/t24-/m1/s1. The molecule has 1 heterocycles. The number of carbonyl (C=O) groups excluding carboxylic acids is 2. The number of furan rings is 1. The smallest absolute Gasteiger partial charge is 0.277 e. The Morgan fingerprint density at radius 1 is 1.00 bits per heavy atom. The molecule has 1 aromatic heterocycles. The van der Waals surface area contributed by atoms with Gasteiger partial charge in [-0.25, -0.2) is 0 Å². The molecule has 0 unspecified atom stereocenters. The Morgan fingerprint density at radius 3 is 2.37 bits per heavy atom. The summed E-state index contributed by atoms with van der Waals surface area (Å²) in [6, 6.07) is 22.0. The van der Waals surface area contributed by atoms with Crippen LogP contribution >= 0.6 is 0 Å². The highest BCUT2D eigenvalue weighted by atomic mass is 16.3. The fraction of sp³-hybridized carbons (Fsp3) is 0.250. The van der Waals surface area contributed by atoms with Gasteiger partial charge in [0.2, 0.25) is 5.91 Å². The second-order valence-corrected chi connectivity index (χ2v) is 7.34. The Bertz CT molecular complexity index is 938. The first-order valence-corrected chi connectivity index (χ1v) is 10.0. The number of hydrogen-bond donors (Lipinski definition) is 2. The molecular weight excluding hydrogens is 378 g/mol. The van der Waals surface area contributed by atoms with Crippen molar-refractivity contribution in [3.8, 4) is 0 Å². The molecule has 6 nitrogen and oxygen atoms in total. The summed E-state index contributed by atoms with van der Waals surface area (Å²) in [5, 5.41) is 4.77. The van der Waals surface area contributed by atoms with Crippen LogP contribution in [0.5, 0.6) is 0 Å². The van der Waals surface area contributed by atoms with Crippen molar-refractivity contribution in [2.45, 2.75) is 19.5 Å². The number of quaternary nitrogens is 1. The predicted octanol–water partition coefficient (Wildman–Crippen LogP) is 2.02. The average molecular weight is 407 g/mol. The molecule has 2 aromatic carbocycles. The number of amides is 2. The van der Waals surface area contributed by atoms with E-state index >= 15 is 0 Å². The summed E-state index contributed by atoms with van der Waals surface area (Å²) in [6.07, 6.45) is 1.56. The Kier molecular flexibility index (Phi) is 7.40. The molecule has 2 amide bonds. The van der Waals surface area contributed by atoms with E-state index in [0.29, 0.717) is 12.3 Å². The Morgan fingerprint density at radius 2 is 1.70 bits per heavy atom. The number of hydrogen-bond acceptors (Lipinski definition) is 3. The molecule has 3 rings (SSSR count). The molecule has 0 spiro atoms. The van der Waals surface area contributed by atoms with Crippen LogP contribution in [-0.4, -0.2) is 36.9 Å². The molecule has 1 atom stereocenters. The molecule has 0 aliphatic heterocycles. The van der Waals surface area contributed by atoms with Gasteiger partial charge in [0.25, 0.3) is 5.91 Å². The molecule has 0 saturated heterocycles. The fourth-order valence-electron chi connectivity index (χ4n) is 3.23. The molecule has 3 aromatic rings. The molecule has 6 heteroatoms. The second kappa shape index (κ2) is 10.4. The highest BCUT2D eigenvalue weighted by Crippen LogP contribution is 2.18. The first kappa shape index (κ1) is 21.3. The normalized spacial score (nSPS) is 11.7. The van der Waals surface area contributed by atoms with Gasteiger partial charge >= 0.3 is 0 Å². The zero-order valence-electron chi connectivity index (χ0n) is 17.4. The minimum atomic E-state index is -0.222. The van der Waals surface area contributed by atoms with Gasteiger partial charge in [-0.3, -0.25) is 9.59 Å². The van der Waals surface area contributed by atoms with Crippen molar-refractivity contribution in [3.63, 3.8) is 0 Å². The van der Waals surface area contributed by atoms with Crippen LogP contribution in [0.2, 0.25) is 0 Å². The third-order valence-corrected chi connectivity index (χ3v) is 4.97. The van der Waals surface area contributed by atoms with E-state index in [1.807, 2.05) is 23.5 Å². The summed E-state index contributed by atoms with van der Waals surface area (Å²) < 4.78 is 5.19. The number of rotatable bonds is 9. The van der Waals surface area contributed by atoms with Crippen LogP contribution in [0.1, 0.15) is 28.5 Å². The van der Waals surface area contributed by atoms with Gasteiger partial charge in [0.15, 0.2) is 6.54 Å². The number of likely N-dealkylation sites (N-methyl/N-ethyl adjacent to an activating group) is 1. The van der Waals surface area contributed by atoms with Crippen molar-refractivity contribution in [1.82, 2.24) is 10.2 Å². The Labute approximate surface area is 176 Å². The number of carbonyl (C=O) groups is 2. The van der Waals surface area contributed by atoms with Crippen LogP contribution in [0.25, 0.3) is 0 Å². The maximum Gasteiger partial charge on any atom is 0.277 e. The lowest BCUT2D eigenvalue weighted by Gasteiger charge is -2.20. The van der Waals surface area contributed by atoms with Crippen molar-refractivity contribution in [1.29, 1.82) is 0 Å². The minimum absolute atomic E-state index is 0.00785. The first-order valence-electron chi connectivity index (χ1n) is 10.0. The van der Waals surface area contributed by atoms with Crippen LogP contribution in [0.3, 0.4) is 0 Å². The highest BCUT2D eigenvalue weighted by Gasteiger charge is 2.21. The van der Waals surface area contributed by atoms with E-state index in [2.05, 4.69) is 48.6 Å². The SMILES string of the molecule is Cc1ccc([C@H]([NH2+]CC(=O)N(C)CC(=O)NCc2ccco2)c2ccccc2)cc1. The molecule has 0 fully saturated rings. The summed E-state index contributed by atoms with van der Waals surface area (Å²) in [4.78, 5) is 26.2. The number of benzene rings is 2. The van der Waals surface area contributed by atoms with Gasteiger partial charge in [-0.1, -0.05) is 60.2 Å². The second-order valence-electron chi connectivity index (χ2n) is 7.34. The Balaban J connectivity index is 1.56. The van der Waals surface area contributed by atoms with E-state index in [1.165, 1.54) is 10.5 Å². The average Bonchev–Trinajstić information content (AvgIpc) is 3.28. The molecule has 0 radical (unpaired) electrons. The number of nitrogens with one attached hydrogen (secondary N) is 1. The molecular formula is C24H28N3O3+. The number of aryl methyl sites for hydroxylation is 1. The lowest BCUT2D eigenvalue weighted by Crippen LogP contribution is -2.87. The van der Waals surface area contributed by atoms with E-state index in [9.17, 15) is 9.59 Å². The van der Waals surface area contributed by atoms with Crippen LogP contribution in [-0.2, 0) is 16.1 Å². The maximum atomic E-state index is 12.6. The van der Waals surface area contributed by atoms with Crippen molar-refractivity contribution >= 4 is 11.8 Å². The van der Waals surface area contributed by atoms with Gasteiger partial charge in [-0.15, -0.1) is 0 Å². The maximum absolute atomic E-state index is 12.6. The molecule has 3 N–H and O–H groups in total. The molecule has 30 heavy (non-hydrogen) atoms. The monoisotopic (exact) mass is 406 g/mol. The highest BCUT2D eigenvalue weighted by molar-refractivity contribution is 5.84. The van der Waals surface area contributed by atoms with Crippen molar-refractivity contribution < 1.29 is 19.3 Å². The van der Waals surface area contributed by atoms with Crippen molar-refractivity contribution in [2.75, 3.05) is 20.1 Å². The van der Waals surface area contributed by atoms with Crippen LogP contribution in [0, 0.1) is 6.92 Å². The molecule has 0 bridgehead atoms. The van der Waals surface area contributed by atoms with E-state index < -0.39 is 0 Å². The molecule has 156 valence electrons. The topological polar surface area (TPSA) is 79.2 Å². The Hall–Kier alpha value is -3.38. The summed E-state index contributed by atoms with van der Waals surface area (Å²) in [5.74, 6) is 0.353. The quantitative estimate of drug-likeness (QED) is 0.571. The summed E-state index contributed by atoms with van der Waals surface area (Å²) >= 11 is 0. The van der Waals surface area contributed by atoms with Crippen LogP contribution < -0.4 is 10.6 Å². The lowest BCUT2D eigenvalue weighted by atomic mass is 9.98. The van der Waals surface area contributed by atoms with Gasteiger partial charge < -0.3 is 20.0 Å².